The molecule has 6 rings (SSSR count). The summed E-state index contributed by atoms with van der Waals surface area (Å²) in [4.78, 5) is 33.0. The summed E-state index contributed by atoms with van der Waals surface area (Å²) in [5, 5.41) is 3.85. The fourth-order valence-corrected chi connectivity index (χ4v) is 4.23. The standard InChI is InChI=1S/C24H20N6O2/c1-32-17-7-4-6-14(9-17)21-22(29-23-19(26-21)10-20(31)28-23)16-12-30(13-16)24-25-11-15-5-2-3-8-18(15)27-24/h2-9,11,16H,10,12-13H2,1H3,(H,28,29,31). The van der Waals surface area contributed by atoms with Gasteiger partial charge < -0.3 is 15.0 Å². The van der Waals surface area contributed by atoms with E-state index in [0.717, 1.165) is 46.7 Å². The van der Waals surface area contributed by atoms with Crippen LogP contribution in [0.3, 0.4) is 0 Å². The highest BCUT2D eigenvalue weighted by molar-refractivity contribution is 5.97. The number of methoxy groups -OCH3 is 1. The maximum absolute atomic E-state index is 11.9. The molecule has 0 saturated carbocycles. The fraction of sp³-hybridized carbons (Fsp3) is 0.208. The Hall–Kier alpha value is -4.07. The average molecular weight is 424 g/mol. The van der Waals surface area contributed by atoms with Crippen LogP contribution in [0.15, 0.2) is 54.7 Å². The Morgan fingerprint density at radius 1 is 1.06 bits per heavy atom. The zero-order chi connectivity index (χ0) is 21.7. The van der Waals surface area contributed by atoms with E-state index in [9.17, 15) is 4.79 Å². The minimum absolute atomic E-state index is 0.0754. The van der Waals surface area contributed by atoms with Crippen LogP contribution >= 0.6 is 0 Å². The second-order valence-electron chi connectivity index (χ2n) is 8.04. The number of para-hydroxylation sites is 1. The molecule has 4 aromatic rings. The lowest BCUT2D eigenvalue weighted by Crippen LogP contribution is -2.46. The summed E-state index contributed by atoms with van der Waals surface area (Å²) in [6.45, 7) is 1.47. The topological polar surface area (TPSA) is 93.1 Å². The van der Waals surface area contributed by atoms with Gasteiger partial charge >= 0.3 is 0 Å². The number of nitrogens with zero attached hydrogens (tertiary/aromatic N) is 5. The van der Waals surface area contributed by atoms with Crippen molar-refractivity contribution in [2.24, 2.45) is 0 Å². The predicted molar refractivity (Wildman–Crippen MR) is 121 cm³/mol. The molecule has 8 heteroatoms. The number of ether oxygens (including phenoxy) is 1. The van der Waals surface area contributed by atoms with Crippen molar-refractivity contribution in [1.82, 2.24) is 19.9 Å². The van der Waals surface area contributed by atoms with Gasteiger partial charge in [-0.25, -0.2) is 19.9 Å². The molecule has 8 nitrogen and oxygen atoms in total. The quantitative estimate of drug-likeness (QED) is 0.538. The third kappa shape index (κ3) is 3.11. The highest BCUT2D eigenvalue weighted by Crippen LogP contribution is 2.37. The van der Waals surface area contributed by atoms with E-state index >= 15 is 0 Å². The van der Waals surface area contributed by atoms with Crippen molar-refractivity contribution in [2.45, 2.75) is 12.3 Å². The largest absolute Gasteiger partial charge is 0.497 e. The van der Waals surface area contributed by atoms with Crippen LogP contribution in [0.25, 0.3) is 22.2 Å². The smallest absolute Gasteiger partial charge is 0.231 e. The van der Waals surface area contributed by atoms with E-state index in [1.807, 2.05) is 54.7 Å². The molecule has 0 radical (unpaired) electrons. The maximum atomic E-state index is 11.9. The minimum Gasteiger partial charge on any atom is -0.497 e. The van der Waals surface area contributed by atoms with Crippen LogP contribution in [0.4, 0.5) is 11.8 Å². The molecule has 1 saturated heterocycles. The van der Waals surface area contributed by atoms with Crippen LogP contribution in [0.2, 0.25) is 0 Å². The Kier molecular flexibility index (Phi) is 4.24. The second kappa shape index (κ2) is 7.26. The predicted octanol–water partition coefficient (Wildman–Crippen LogP) is 3.19. The number of hydrogen-bond acceptors (Lipinski definition) is 7. The van der Waals surface area contributed by atoms with Gasteiger partial charge in [0, 0.05) is 36.2 Å². The van der Waals surface area contributed by atoms with Crippen LogP contribution < -0.4 is 15.0 Å². The SMILES string of the molecule is COc1cccc(-c2nc3c(nc2C2CN(c4ncc5ccccc5n4)C2)NC(=O)C3)c1. The van der Waals surface area contributed by atoms with E-state index in [1.54, 1.807) is 7.11 Å². The van der Waals surface area contributed by atoms with Gasteiger partial charge in [-0.2, -0.15) is 0 Å². The number of amides is 1. The zero-order valence-corrected chi connectivity index (χ0v) is 17.4. The summed E-state index contributed by atoms with van der Waals surface area (Å²) < 4.78 is 5.40. The van der Waals surface area contributed by atoms with E-state index in [-0.39, 0.29) is 18.2 Å². The number of carbonyl (C=O) groups is 1. The molecule has 2 aliphatic rings. The molecule has 2 aliphatic heterocycles. The lowest BCUT2D eigenvalue weighted by molar-refractivity contribution is -0.115. The van der Waals surface area contributed by atoms with Crippen LogP contribution in [0.1, 0.15) is 17.3 Å². The van der Waals surface area contributed by atoms with Gasteiger partial charge in [0.1, 0.15) is 5.75 Å². The van der Waals surface area contributed by atoms with Gasteiger partial charge in [0.25, 0.3) is 0 Å². The molecule has 1 N–H and O–H groups in total. The Labute approximate surface area is 184 Å². The van der Waals surface area contributed by atoms with Gasteiger partial charge in [-0.15, -0.1) is 0 Å². The van der Waals surface area contributed by atoms with Crippen LogP contribution in [0, 0.1) is 0 Å². The second-order valence-corrected chi connectivity index (χ2v) is 8.04. The number of carbonyl (C=O) groups excluding carboxylic acids is 1. The molecular formula is C24H20N6O2. The number of fused-ring (bicyclic) bond motifs is 2. The highest BCUT2D eigenvalue weighted by atomic mass is 16.5. The molecule has 0 spiro atoms. The van der Waals surface area contributed by atoms with Crippen molar-refractivity contribution in [3.05, 3.63) is 66.1 Å². The Morgan fingerprint density at radius 2 is 1.94 bits per heavy atom. The first kappa shape index (κ1) is 18.7. The van der Waals surface area contributed by atoms with E-state index < -0.39 is 0 Å². The molecule has 0 bridgehead atoms. The molecule has 0 atom stereocenters. The molecule has 4 heterocycles. The minimum atomic E-state index is -0.0754. The van der Waals surface area contributed by atoms with Gasteiger partial charge in [0.2, 0.25) is 11.9 Å². The molecule has 32 heavy (non-hydrogen) atoms. The number of benzene rings is 2. The van der Waals surface area contributed by atoms with Crippen LogP contribution in [0.5, 0.6) is 5.75 Å². The fourth-order valence-electron chi connectivity index (χ4n) is 4.23. The van der Waals surface area contributed by atoms with Crippen LogP contribution in [-0.2, 0) is 11.2 Å². The summed E-state index contributed by atoms with van der Waals surface area (Å²) in [6, 6.07) is 15.7. The molecular weight excluding hydrogens is 404 g/mol. The molecule has 2 aromatic carbocycles. The normalized spacial score (nSPS) is 15.4. The number of rotatable bonds is 4. The monoisotopic (exact) mass is 424 g/mol. The number of nitrogens with one attached hydrogen (secondary N) is 1. The first-order valence-corrected chi connectivity index (χ1v) is 10.5. The lowest BCUT2D eigenvalue weighted by atomic mass is 9.92. The van der Waals surface area contributed by atoms with E-state index in [0.29, 0.717) is 17.5 Å². The maximum Gasteiger partial charge on any atom is 0.231 e. The van der Waals surface area contributed by atoms with Gasteiger partial charge in [-0.05, 0) is 18.2 Å². The molecule has 158 valence electrons. The lowest BCUT2D eigenvalue weighted by Gasteiger charge is -2.39. The zero-order valence-electron chi connectivity index (χ0n) is 17.4. The summed E-state index contributed by atoms with van der Waals surface area (Å²) in [7, 11) is 1.64. The first-order chi connectivity index (χ1) is 15.7. The van der Waals surface area contributed by atoms with Crippen molar-refractivity contribution in [3.8, 4) is 17.0 Å². The molecule has 1 amide bonds. The number of hydrogen-bond donors (Lipinski definition) is 1. The number of aromatic nitrogens is 4. The third-order valence-corrected chi connectivity index (χ3v) is 5.95. The summed E-state index contributed by atoms with van der Waals surface area (Å²) >= 11 is 0. The Balaban J connectivity index is 1.34. The Bertz CT molecular complexity index is 1370. The molecule has 0 unspecified atom stereocenters. The summed E-state index contributed by atoms with van der Waals surface area (Å²) in [5.41, 5.74) is 4.21. The van der Waals surface area contributed by atoms with E-state index in [2.05, 4.69) is 15.2 Å². The van der Waals surface area contributed by atoms with Gasteiger partial charge in [0.15, 0.2) is 5.82 Å². The van der Waals surface area contributed by atoms with Gasteiger partial charge in [0.05, 0.1) is 36.1 Å². The number of anilines is 2. The Morgan fingerprint density at radius 3 is 2.81 bits per heavy atom. The van der Waals surface area contributed by atoms with Crippen molar-refractivity contribution in [2.75, 3.05) is 30.4 Å². The van der Waals surface area contributed by atoms with Crippen molar-refractivity contribution >= 4 is 28.6 Å². The van der Waals surface area contributed by atoms with Crippen molar-refractivity contribution in [1.29, 1.82) is 0 Å². The first-order valence-electron chi connectivity index (χ1n) is 10.5. The van der Waals surface area contributed by atoms with Gasteiger partial charge in [-0.3, -0.25) is 4.79 Å². The molecule has 2 aromatic heterocycles. The summed E-state index contributed by atoms with van der Waals surface area (Å²) in [5.74, 6) is 2.11. The van der Waals surface area contributed by atoms with Crippen LogP contribution in [-0.4, -0.2) is 46.0 Å². The third-order valence-electron chi connectivity index (χ3n) is 5.95. The van der Waals surface area contributed by atoms with Crippen molar-refractivity contribution in [3.63, 3.8) is 0 Å². The summed E-state index contributed by atoms with van der Waals surface area (Å²) in [6.07, 6.45) is 2.11. The average Bonchev–Trinajstić information content (AvgIpc) is 3.16. The van der Waals surface area contributed by atoms with E-state index in [4.69, 9.17) is 19.7 Å². The van der Waals surface area contributed by atoms with Crippen molar-refractivity contribution < 1.29 is 9.53 Å². The molecule has 0 aliphatic carbocycles. The van der Waals surface area contributed by atoms with E-state index in [1.165, 1.54) is 0 Å². The highest BCUT2D eigenvalue weighted by Gasteiger charge is 2.35. The molecule has 1 fully saturated rings. The van der Waals surface area contributed by atoms with Gasteiger partial charge in [-0.1, -0.05) is 30.3 Å².